The smallest absolute Gasteiger partial charge is 0.184 e. The van der Waals surface area contributed by atoms with Crippen LogP contribution in [0.2, 0.25) is 0 Å². The molecule has 3 aromatic rings. The number of aliphatic hydroxyl groups is 1. The predicted molar refractivity (Wildman–Crippen MR) is 128 cm³/mol. The van der Waals surface area contributed by atoms with E-state index in [4.69, 9.17) is 18.9 Å². The molecule has 0 spiro atoms. The predicted octanol–water partition coefficient (Wildman–Crippen LogP) is 3.41. The number of rotatable bonds is 5. The maximum absolute atomic E-state index is 13.3. The fourth-order valence-corrected chi connectivity index (χ4v) is 5.94. The molecule has 178 valence electrons. The first-order valence-corrected chi connectivity index (χ1v) is 11.4. The van der Waals surface area contributed by atoms with Crippen molar-refractivity contribution in [3.8, 4) is 23.0 Å². The minimum atomic E-state index is -1.73. The Balaban J connectivity index is 1.72. The summed E-state index contributed by atoms with van der Waals surface area (Å²) < 4.78 is 23.4. The van der Waals surface area contributed by atoms with Gasteiger partial charge in [-0.1, -0.05) is 42.5 Å². The van der Waals surface area contributed by atoms with Gasteiger partial charge < -0.3 is 29.4 Å². The topological polar surface area (TPSA) is 86.2 Å². The zero-order valence-corrected chi connectivity index (χ0v) is 19.6. The first kappa shape index (κ1) is 21.6. The molecule has 0 aromatic heterocycles. The molecule has 3 aliphatic rings. The highest BCUT2D eigenvalue weighted by Gasteiger charge is 2.74. The number of Topliss-reactive ketones (excluding diaryl/α,β-unsaturated/α-hetero) is 1. The van der Waals surface area contributed by atoms with Crippen LogP contribution in [0, 0.1) is 0 Å². The monoisotopic (exact) mass is 471 g/mol. The van der Waals surface area contributed by atoms with Gasteiger partial charge in [-0.05, 0) is 17.7 Å². The van der Waals surface area contributed by atoms with Crippen LogP contribution in [0.25, 0.3) is 0 Å². The minimum absolute atomic E-state index is 0.0674. The second-order valence-electron chi connectivity index (χ2n) is 8.89. The number of benzene rings is 3. The molecule has 2 aliphatic heterocycles. The summed E-state index contributed by atoms with van der Waals surface area (Å²) >= 11 is 0. The molecular weight excluding hydrogens is 446 g/mol. The summed E-state index contributed by atoms with van der Waals surface area (Å²) in [5, 5.41) is 16.1. The van der Waals surface area contributed by atoms with E-state index in [1.54, 1.807) is 26.4 Å². The van der Waals surface area contributed by atoms with Crippen LogP contribution in [-0.2, 0) is 16.0 Å². The maximum atomic E-state index is 13.3. The molecule has 0 saturated carbocycles. The van der Waals surface area contributed by atoms with Crippen molar-refractivity contribution in [3.63, 3.8) is 0 Å². The van der Waals surface area contributed by atoms with Crippen molar-refractivity contribution in [3.05, 3.63) is 94.7 Å². The molecule has 35 heavy (non-hydrogen) atoms. The summed E-state index contributed by atoms with van der Waals surface area (Å²) in [4.78, 5) is 13.3. The molecule has 0 bridgehead atoms. The Labute approximate surface area is 202 Å². The van der Waals surface area contributed by atoms with Crippen LogP contribution in [0.1, 0.15) is 22.6 Å². The number of ether oxygens (including phenoxy) is 4. The summed E-state index contributed by atoms with van der Waals surface area (Å²) in [5.74, 6) is 1.42. The largest absolute Gasteiger partial charge is 0.497 e. The van der Waals surface area contributed by atoms with E-state index in [0.29, 0.717) is 45.4 Å². The first-order chi connectivity index (χ1) is 17.0. The summed E-state index contributed by atoms with van der Waals surface area (Å²) in [6.07, 6.45) is 0. The van der Waals surface area contributed by atoms with Crippen molar-refractivity contribution >= 4 is 5.78 Å². The van der Waals surface area contributed by atoms with Gasteiger partial charge in [0.1, 0.15) is 23.0 Å². The van der Waals surface area contributed by atoms with E-state index in [-0.39, 0.29) is 12.3 Å². The van der Waals surface area contributed by atoms with Gasteiger partial charge in [-0.15, -0.1) is 0 Å². The lowest BCUT2D eigenvalue weighted by molar-refractivity contribution is -0.117. The van der Waals surface area contributed by atoms with Crippen LogP contribution >= 0.6 is 0 Å². The molecule has 3 aromatic carbocycles. The third kappa shape index (κ3) is 2.61. The van der Waals surface area contributed by atoms with E-state index < -0.39 is 17.1 Å². The van der Waals surface area contributed by atoms with E-state index in [9.17, 15) is 9.90 Å². The lowest BCUT2D eigenvalue weighted by atomic mass is 9.68. The number of hydrogen-bond donors (Lipinski definition) is 2. The third-order valence-electron chi connectivity index (χ3n) is 7.37. The molecule has 7 nitrogen and oxygen atoms in total. The van der Waals surface area contributed by atoms with Gasteiger partial charge in [0.15, 0.2) is 17.0 Å². The van der Waals surface area contributed by atoms with E-state index in [1.807, 2.05) is 54.6 Å². The van der Waals surface area contributed by atoms with Gasteiger partial charge in [0.05, 0.1) is 45.1 Å². The Morgan fingerprint density at radius 2 is 1.66 bits per heavy atom. The lowest BCUT2D eigenvalue weighted by Crippen LogP contribution is -2.52. The number of nitrogens with one attached hydrogen (secondary N) is 1. The number of methoxy groups -OCH3 is 3. The van der Waals surface area contributed by atoms with Gasteiger partial charge in [-0.3, -0.25) is 4.79 Å². The highest BCUT2D eigenvalue weighted by Crippen LogP contribution is 2.70. The number of fused-ring (bicyclic) bond motifs is 4. The standard InChI is InChI=1S/C28H25NO6/c1-32-18-11-9-17(10-12-18)28-24(16-7-5-4-6-8-16)23-20(30)15-29-26(23)27(28,31)25-21(34-3)13-19(33-2)14-22(25)35-28/h4-14,24,29,31H,15H2,1-3H3/t24-,27+,28+/m1/s1. The van der Waals surface area contributed by atoms with Gasteiger partial charge >= 0.3 is 0 Å². The quantitative estimate of drug-likeness (QED) is 0.590. The summed E-state index contributed by atoms with van der Waals surface area (Å²) in [7, 11) is 4.71. The Kier molecular flexibility index (Phi) is 4.63. The normalized spacial score (nSPS) is 25.9. The SMILES string of the molecule is COc1ccc([C@@]23Oc4cc(OC)cc(OC)c4[C@]2(O)C2=C(C(=O)CN2)[C@H]3c2ccccc2)cc1. The number of hydrogen-bond acceptors (Lipinski definition) is 7. The van der Waals surface area contributed by atoms with Gasteiger partial charge in [-0.25, -0.2) is 0 Å². The van der Waals surface area contributed by atoms with Crippen molar-refractivity contribution in [2.24, 2.45) is 0 Å². The van der Waals surface area contributed by atoms with Crippen molar-refractivity contribution in [2.45, 2.75) is 17.1 Å². The van der Waals surface area contributed by atoms with Crippen LogP contribution in [0.5, 0.6) is 23.0 Å². The minimum Gasteiger partial charge on any atom is -0.497 e. The zero-order valence-electron chi connectivity index (χ0n) is 19.6. The average Bonchev–Trinajstić information content (AvgIpc) is 3.47. The molecule has 1 aliphatic carbocycles. The second-order valence-corrected chi connectivity index (χ2v) is 8.89. The van der Waals surface area contributed by atoms with Gasteiger partial charge in [0.25, 0.3) is 0 Å². The van der Waals surface area contributed by atoms with Crippen molar-refractivity contribution in [1.29, 1.82) is 0 Å². The Morgan fingerprint density at radius 1 is 0.943 bits per heavy atom. The Bertz CT molecular complexity index is 1370. The first-order valence-electron chi connectivity index (χ1n) is 11.4. The number of ketones is 1. The molecular formula is C28H25NO6. The second kappa shape index (κ2) is 7.52. The maximum Gasteiger partial charge on any atom is 0.184 e. The summed E-state index contributed by atoms with van der Waals surface area (Å²) in [6.45, 7) is 0.114. The number of carbonyl (C=O) groups is 1. The zero-order chi connectivity index (χ0) is 24.4. The van der Waals surface area contributed by atoms with Gasteiger partial charge in [0, 0.05) is 23.3 Å². The number of carbonyl (C=O) groups excluding carboxylic acids is 1. The molecule has 0 saturated heterocycles. The van der Waals surface area contributed by atoms with Gasteiger partial charge in [-0.2, -0.15) is 0 Å². The van der Waals surface area contributed by atoms with Crippen molar-refractivity contribution < 1.29 is 28.8 Å². The Morgan fingerprint density at radius 3 is 2.31 bits per heavy atom. The van der Waals surface area contributed by atoms with Gasteiger partial charge in [0.2, 0.25) is 0 Å². The average molecular weight is 472 g/mol. The van der Waals surface area contributed by atoms with Crippen LogP contribution in [0.4, 0.5) is 0 Å². The van der Waals surface area contributed by atoms with Crippen LogP contribution in [-0.4, -0.2) is 38.8 Å². The van der Waals surface area contributed by atoms with E-state index in [2.05, 4.69) is 5.32 Å². The fourth-order valence-electron chi connectivity index (χ4n) is 5.94. The summed E-state index contributed by atoms with van der Waals surface area (Å²) in [6, 6.07) is 20.6. The van der Waals surface area contributed by atoms with Crippen LogP contribution in [0.3, 0.4) is 0 Å². The molecule has 0 unspecified atom stereocenters. The molecule has 2 N–H and O–H groups in total. The van der Waals surface area contributed by atoms with E-state index in [1.165, 1.54) is 7.11 Å². The highest BCUT2D eigenvalue weighted by molar-refractivity contribution is 6.04. The summed E-state index contributed by atoms with van der Waals surface area (Å²) in [5.41, 5.74) is -0.0945. The molecule has 2 heterocycles. The van der Waals surface area contributed by atoms with E-state index in [0.717, 1.165) is 5.56 Å². The van der Waals surface area contributed by atoms with Crippen LogP contribution < -0.4 is 24.3 Å². The van der Waals surface area contributed by atoms with Crippen molar-refractivity contribution in [2.75, 3.05) is 27.9 Å². The lowest BCUT2D eigenvalue weighted by Gasteiger charge is -2.42. The van der Waals surface area contributed by atoms with Crippen molar-refractivity contribution in [1.82, 2.24) is 5.32 Å². The molecule has 0 fully saturated rings. The molecule has 0 amide bonds. The molecule has 3 atom stereocenters. The fraction of sp³-hybridized carbons (Fsp3) is 0.250. The highest BCUT2D eigenvalue weighted by atomic mass is 16.5. The van der Waals surface area contributed by atoms with E-state index >= 15 is 0 Å². The van der Waals surface area contributed by atoms with Crippen LogP contribution in [0.15, 0.2) is 78.0 Å². The molecule has 0 radical (unpaired) electrons. The Hall–Kier alpha value is -3.97. The molecule has 7 heteroatoms. The third-order valence-corrected chi connectivity index (χ3v) is 7.37. The molecule has 6 rings (SSSR count).